The SMILES string of the molecule is CC(Cc1cc(N)no1)C1CC1. The van der Waals surface area contributed by atoms with Gasteiger partial charge in [0.2, 0.25) is 0 Å². The number of hydrogen-bond donors (Lipinski definition) is 1. The number of rotatable bonds is 3. The van der Waals surface area contributed by atoms with E-state index in [2.05, 4.69) is 12.1 Å². The lowest BCUT2D eigenvalue weighted by Crippen LogP contribution is -2.00. The van der Waals surface area contributed by atoms with Crippen molar-refractivity contribution in [3.63, 3.8) is 0 Å². The smallest absolute Gasteiger partial charge is 0.167 e. The lowest BCUT2D eigenvalue weighted by Gasteiger charge is -2.04. The van der Waals surface area contributed by atoms with Crippen LogP contribution < -0.4 is 5.73 Å². The van der Waals surface area contributed by atoms with Crippen molar-refractivity contribution in [1.29, 1.82) is 0 Å². The summed E-state index contributed by atoms with van der Waals surface area (Å²) in [5, 5.41) is 3.65. The van der Waals surface area contributed by atoms with Gasteiger partial charge in [-0.05, 0) is 24.7 Å². The number of nitrogens with zero attached hydrogens (tertiary/aromatic N) is 1. The fourth-order valence-electron chi connectivity index (χ4n) is 1.57. The molecule has 3 heteroatoms. The lowest BCUT2D eigenvalue weighted by atomic mass is 10.0. The van der Waals surface area contributed by atoms with E-state index in [9.17, 15) is 0 Å². The first-order chi connectivity index (χ1) is 5.75. The Labute approximate surface area is 71.9 Å². The Bertz CT molecular complexity index is 265. The van der Waals surface area contributed by atoms with Crippen LogP contribution in [0.15, 0.2) is 10.6 Å². The monoisotopic (exact) mass is 166 g/mol. The number of aromatic nitrogens is 1. The Morgan fingerprint density at radius 3 is 3.00 bits per heavy atom. The molecule has 0 aliphatic heterocycles. The van der Waals surface area contributed by atoms with E-state index in [-0.39, 0.29) is 0 Å². The van der Waals surface area contributed by atoms with Crippen molar-refractivity contribution in [2.45, 2.75) is 26.2 Å². The Balaban J connectivity index is 1.93. The molecule has 0 aromatic carbocycles. The number of nitrogens with two attached hydrogens (primary N) is 1. The minimum atomic E-state index is 0.494. The molecule has 1 aromatic rings. The molecule has 0 saturated heterocycles. The molecule has 2 N–H and O–H groups in total. The molecule has 1 aliphatic carbocycles. The third kappa shape index (κ3) is 1.60. The zero-order valence-electron chi connectivity index (χ0n) is 7.29. The molecule has 66 valence electrons. The van der Waals surface area contributed by atoms with Gasteiger partial charge in [0.25, 0.3) is 0 Å². The van der Waals surface area contributed by atoms with Crippen LogP contribution >= 0.6 is 0 Å². The summed E-state index contributed by atoms with van der Waals surface area (Å²) in [4.78, 5) is 0. The highest BCUT2D eigenvalue weighted by Crippen LogP contribution is 2.38. The number of nitrogen functional groups attached to an aromatic ring is 1. The molecule has 1 heterocycles. The highest BCUT2D eigenvalue weighted by Gasteiger charge is 2.28. The highest BCUT2D eigenvalue weighted by atomic mass is 16.5. The van der Waals surface area contributed by atoms with Crippen LogP contribution in [-0.4, -0.2) is 5.16 Å². The first-order valence-corrected chi connectivity index (χ1v) is 4.47. The van der Waals surface area contributed by atoms with Gasteiger partial charge in [0.05, 0.1) is 0 Å². The predicted molar refractivity (Wildman–Crippen MR) is 46.5 cm³/mol. The van der Waals surface area contributed by atoms with Gasteiger partial charge in [-0.1, -0.05) is 12.1 Å². The molecule has 3 nitrogen and oxygen atoms in total. The van der Waals surface area contributed by atoms with Gasteiger partial charge in [-0.25, -0.2) is 0 Å². The Hall–Kier alpha value is -0.990. The summed E-state index contributed by atoms with van der Waals surface area (Å²) >= 11 is 0. The molecule has 0 amide bonds. The summed E-state index contributed by atoms with van der Waals surface area (Å²) in [6, 6.07) is 1.82. The summed E-state index contributed by atoms with van der Waals surface area (Å²) in [6.07, 6.45) is 3.74. The van der Waals surface area contributed by atoms with Crippen molar-refractivity contribution in [3.05, 3.63) is 11.8 Å². The van der Waals surface area contributed by atoms with Gasteiger partial charge in [-0.15, -0.1) is 0 Å². The van der Waals surface area contributed by atoms with Crippen LogP contribution in [-0.2, 0) is 6.42 Å². The van der Waals surface area contributed by atoms with Gasteiger partial charge in [-0.2, -0.15) is 0 Å². The topological polar surface area (TPSA) is 52.0 Å². The second-order valence-corrected chi connectivity index (χ2v) is 3.74. The van der Waals surface area contributed by atoms with Gasteiger partial charge in [0, 0.05) is 12.5 Å². The Kier molecular flexibility index (Phi) is 1.79. The van der Waals surface area contributed by atoms with Gasteiger partial charge in [-0.3, -0.25) is 0 Å². The van der Waals surface area contributed by atoms with Crippen LogP contribution in [0.25, 0.3) is 0 Å². The number of hydrogen-bond acceptors (Lipinski definition) is 3. The first-order valence-electron chi connectivity index (χ1n) is 4.47. The molecular weight excluding hydrogens is 152 g/mol. The lowest BCUT2D eigenvalue weighted by molar-refractivity contribution is 0.356. The third-order valence-corrected chi connectivity index (χ3v) is 2.53. The quantitative estimate of drug-likeness (QED) is 0.745. The van der Waals surface area contributed by atoms with Crippen molar-refractivity contribution in [2.24, 2.45) is 11.8 Å². The summed E-state index contributed by atoms with van der Waals surface area (Å²) in [5.74, 6) is 3.05. The zero-order valence-corrected chi connectivity index (χ0v) is 7.29. The average Bonchev–Trinajstić information content (AvgIpc) is 2.78. The van der Waals surface area contributed by atoms with Crippen molar-refractivity contribution in [1.82, 2.24) is 5.16 Å². The second-order valence-electron chi connectivity index (χ2n) is 3.74. The molecule has 1 atom stereocenters. The minimum absolute atomic E-state index is 0.494. The maximum atomic E-state index is 5.44. The molecule has 1 aromatic heterocycles. The molecule has 1 unspecified atom stereocenters. The van der Waals surface area contributed by atoms with Crippen LogP contribution in [0, 0.1) is 11.8 Å². The standard InChI is InChI=1S/C9H14N2O/c1-6(7-2-3-7)4-8-5-9(10)11-12-8/h5-7H,2-4H2,1H3,(H2,10,11). The summed E-state index contributed by atoms with van der Waals surface area (Å²) in [5.41, 5.74) is 5.44. The third-order valence-electron chi connectivity index (χ3n) is 2.53. The summed E-state index contributed by atoms with van der Waals surface area (Å²) < 4.78 is 5.04. The fourth-order valence-corrected chi connectivity index (χ4v) is 1.57. The summed E-state index contributed by atoms with van der Waals surface area (Å²) in [6.45, 7) is 2.26. The van der Waals surface area contributed by atoms with Crippen LogP contribution in [0.3, 0.4) is 0 Å². The maximum Gasteiger partial charge on any atom is 0.167 e. The van der Waals surface area contributed by atoms with Crippen molar-refractivity contribution < 1.29 is 4.52 Å². The van der Waals surface area contributed by atoms with Crippen LogP contribution in [0.1, 0.15) is 25.5 Å². The van der Waals surface area contributed by atoms with Crippen LogP contribution in [0.2, 0.25) is 0 Å². The molecule has 0 bridgehead atoms. The van der Waals surface area contributed by atoms with Gasteiger partial charge in [0.15, 0.2) is 5.82 Å². The van der Waals surface area contributed by atoms with Gasteiger partial charge in [0.1, 0.15) is 5.76 Å². The van der Waals surface area contributed by atoms with E-state index in [0.717, 1.165) is 24.0 Å². The maximum absolute atomic E-state index is 5.44. The molecule has 0 radical (unpaired) electrons. The van der Waals surface area contributed by atoms with E-state index in [1.165, 1.54) is 12.8 Å². The average molecular weight is 166 g/mol. The molecule has 1 saturated carbocycles. The number of anilines is 1. The second kappa shape index (κ2) is 2.81. The Morgan fingerprint density at radius 2 is 2.50 bits per heavy atom. The minimum Gasteiger partial charge on any atom is -0.381 e. The molecule has 1 fully saturated rings. The molecule has 1 aliphatic rings. The van der Waals surface area contributed by atoms with Crippen molar-refractivity contribution >= 4 is 5.82 Å². The molecule has 2 rings (SSSR count). The normalized spacial score (nSPS) is 19.4. The molecule has 0 spiro atoms. The molecular formula is C9H14N2O. The first kappa shape index (κ1) is 7.65. The van der Waals surface area contributed by atoms with E-state index in [0.29, 0.717) is 5.82 Å². The fraction of sp³-hybridized carbons (Fsp3) is 0.667. The van der Waals surface area contributed by atoms with E-state index >= 15 is 0 Å². The van der Waals surface area contributed by atoms with E-state index < -0.39 is 0 Å². The van der Waals surface area contributed by atoms with Crippen molar-refractivity contribution in [3.8, 4) is 0 Å². The molecule has 12 heavy (non-hydrogen) atoms. The van der Waals surface area contributed by atoms with Gasteiger partial charge < -0.3 is 10.3 Å². The van der Waals surface area contributed by atoms with Gasteiger partial charge >= 0.3 is 0 Å². The largest absolute Gasteiger partial charge is 0.381 e. The predicted octanol–water partition coefficient (Wildman–Crippen LogP) is 1.85. The summed E-state index contributed by atoms with van der Waals surface area (Å²) in [7, 11) is 0. The van der Waals surface area contributed by atoms with Crippen LogP contribution in [0.4, 0.5) is 5.82 Å². The van der Waals surface area contributed by atoms with E-state index in [1.807, 2.05) is 6.07 Å². The Morgan fingerprint density at radius 1 is 1.75 bits per heavy atom. The van der Waals surface area contributed by atoms with E-state index in [1.54, 1.807) is 0 Å². The zero-order chi connectivity index (χ0) is 8.55. The van der Waals surface area contributed by atoms with Crippen molar-refractivity contribution in [2.75, 3.05) is 5.73 Å². The van der Waals surface area contributed by atoms with E-state index in [4.69, 9.17) is 10.3 Å². The van der Waals surface area contributed by atoms with Crippen LogP contribution in [0.5, 0.6) is 0 Å². The highest BCUT2D eigenvalue weighted by molar-refractivity contribution is 5.26.